The summed E-state index contributed by atoms with van der Waals surface area (Å²) in [7, 11) is 0. The van der Waals surface area contributed by atoms with E-state index in [2.05, 4.69) is 0 Å². The zero-order valence-corrected chi connectivity index (χ0v) is 8.37. The summed E-state index contributed by atoms with van der Waals surface area (Å²) in [5, 5.41) is 15.8. The van der Waals surface area contributed by atoms with E-state index in [0.29, 0.717) is 13.2 Å². The zero-order valence-electron chi connectivity index (χ0n) is 6.17. The zero-order chi connectivity index (χ0) is 6.83. The minimum absolute atomic E-state index is 0. The van der Waals surface area contributed by atoms with Crippen LogP contribution in [0.3, 0.4) is 0 Å². The summed E-state index contributed by atoms with van der Waals surface area (Å²) < 4.78 is 0. The fourth-order valence-corrected chi connectivity index (χ4v) is 0. The van der Waals surface area contributed by atoms with Gasteiger partial charge in [-0.2, -0.15) is 0 Å². The van der Waals surface area contributed by atoms with Gasteiger partial charge in [-0.3, -0.25) is 0 Å². The van der Waals surface area contributed by atoms with Gasteiger partial charge in [0.25, 0.3) is 0 Å². The third-order valence-corrected chi connectivity index (χ3v) is 0.447. The monoisotopic (exact) mass is 213 g/mol. The Morgan fingerprint density at radius 3 is 1.00 bits per heavy atom. The molecule has 0 bridgehead atoms. The molecule has 2 nitrogen and oxygen atoms in total. The van der Waals surface area contributed by atoms with Crippen molar-refractivity contribution in [3.8, 4) is 0 Å². The molecule has 0 aliphatic heterocycles. The molecule has 0 spiro atoms. The Hall–Kier alpha value is 0.660. The first kappa shape index (κ1) is 16.3. The Bertz CT molecular complexity index is 19.0. The second-order valence-electron chi connectivity index (χ2n) is 1.45. The maximum atomic E-state index is 7.88. The molecule has 0 heterocycles. The topological polar surface area (TPSA) is 40.5 Å². The molecule has 0 aliphatic rings. The van der Waals surface area contributed by atoms with Crippen LogP contribution in [-0.4, -0.2) is 23.4 Å². The van der Waals surface area contributed by atoms with Crippen molar-refractivity contribution in [3.05, 3.63) is 0 Å². The van der Waals surface area contributed by atoms with E-state index < -0.39 is 0 Å². The predicted molar refractivity (Wildman–Crippen MR) is 34.8 cm³/mol. The van der Waals surface area contributed by atoms with Crippen molar-refractivity contribution in [1.29, 1.82) is 0 Å². The fraction of sp³-hybridized carbons (Fsp3) is 1.00. The summed E-state index contributed by atoms with van der Waals surface area (Å²) in [5.41, 5.74) is 0. The van der Waals surface area contributed by atoms with Crippen LogP contribution < -0.4 is 0 Å². The van der Waals surface area contributed by atoms with E-state index in [1.54, 1.807) is 0 Å². The van der Waals surface area contributed by atoms with E-state index >= 15 is 0 Å². The molecule has 9 heavy (non-hydrogen) atoms. The standard InChI is InChI=1S/2C3H8O.Nb/c2*1-2-3-4;/h2*4H,2-3H2,1H3;. The third kappa shape index (κ3) is 54.3. The van der Waals surface area contributed by atoms with Crippen LogP contribution in [0.5, 0.6) is 0 Å². The average Bonchev–Trinajstić information content (AvgIpc) is 1.88. The van der Waals surface area contributed by atoms with Gasteiger partial charge in [-0.05, 0) is 12.8 Å². The largest absolute Gasteiger partial charge is 0.396 e. The van der Waals surface area contributed by atoms with Crippen molar-refractivity contribution in [1.82, 2.24) is 0 Å². The average molecular weight is 213 g/mol. The fourth-order valence-electron chi connectivity index (χ4n) is 0. The van der Waals surface area contributed by atoms with Crippen LogP contribution in [0.25, 0.3) is 0 Å². The molecule has 0 aromatic carbocycles. The first-order chi connectivity index (χ1) is 3.83. The first-order valence-electron chi connectivity index (χ1n) is 3.05. The molecule has 57 valence electrons. The number of aliphatic hydroxyl groups excluding tert-OH is 2. The van der Waals surface area contributed by atoms with E-state index in [1.807, 2.05) is 13.8 Å². The van der Waals surface area contributed by atoms with Gasteiger partial charge >= 0.3 is 0 Å². The molecule has 0 saturated heterocycles. The minimum atomic E-state index is 0. The second-order valence-corrected chi connectivity index (χ2v) is 1.45. The van der Waals surface area contributed by atoms with Gasteiger partial charge in [0.15, 0.2) is 0 Å². The molecule has 0 rings (SSSR count). The minimum Gasteiger partial charge on any atom is -0.396 e. The molecule has 0 fully saturated rings. The third-order valence-electron chi connectivity index (χ3n) is 0.447. The molecule has 0 saturated carbocycles. The van der Waals surface area contributed by atoms with Gasteiger partial charge in [0.1, 0.15) is 0 Å². The van der Waals surface area contributed by atoms with Crippen molar-refractivity contribution >= 4 is 0 Å². The Morgan fingerprint density at radius 2 is 1.00 bits per heavy atom. The summed E-state index contributed by atoms with van der Waals surface area (Å²) in [6.45, 7) is 4.50. The molecule has 3 heteroatoms. The van der Waals surface area contributed by atoms with Crippen molar-refractivity contribution in [3.63, 3.8) is 0 Å². The van der Waals surface area contributed by atoms with Crippen LogP contribution in [0.4, 0.5) is 0 Å². The van der Waals surface area contributed by atoms with Crippen LogP contribution in [0.15, 0.2) is 0 Å². The van der Waals surface area contributed by atoms with Crippen LogP contribution in [0.2, 0.25) is 0 Å². The molecule has 1 radical (unpaired) electrons. The number of rotatable bonds is 2. The smallest absolute Gasteiger partial charge is 0.0428 e. The van der Waals surface area contributed by atoms with E-state index in [1.165, 1.54) is 0 Å². The second kappa shape index (κ2) is 23.4. The molecule has 2 N–H and O–H groups in total. The number of hydrogen-bond acceptors (Lipinski definition) is 2. The van der Waals surface area contributed by atoms with Crippen LogP contribution in [0, 0.1) is 0 Å². The van der Waals surface area contributed by atoms with E-state index in [4.69, 9.17) is 10.2 Å². The number of aliphatic hydroxyl groups is 2. The first-order valence-corrected chi connectivity index (χ1v) is 3.05. The van der Waals surface area contributed by atoms with Crippen LogP contribution in [-0.2, 0) is 22.4 Å². The molecular weight excluding hydrogens is 197 g/mol. The Labute approximate surface area is 72.8 Å². The van der Waals surface area contributed by atoms with E-state index in [0.717, 1.165) is 12.8 Å². The van der Waals surface area contributed by atoms with Crippen molar-refractivity contribution in [2.75, 3.05) is 13.2 Å². The Kier molecular flexibility index (Phi) is 42.5. The van der Waals surface area contributed by atoms with Gasteiger partial charge in [-0.15, -0.1) is 0 Å². The maximum Gasteiger partial charge on any atom is 0.0428 e. The van der Waals surface area contributed by atoms with Crippen molar-refractivity contribution in [2.24, 2.45) is 0 Å². The predicted octanol–water partition coefficient (Wildman–Crippen LogP) is 0.775. The van der Waals surface area contributed by atoms with Gasteiger partial charge in [0.05, 0.1) is 0 Å². The molecule has 0 amide bonds. The van der Waals surface area contributed by atoms with Crippen LogP contribution in [0.1, 0.15) is 26.7 Å². The Balaban J connectivity index is -0.0000000720. The van der Waals surface area contributed by atoms with Crippen LogP contribution >= 0.6 is 0 Å². The Morgan fingerprint density at radius 1 is 0.889 bits per heavy atom. The molecule has 0 atom stereocenters. The summed E-state index contributed by atoms with van der Waals surface area (Å²) in [4.78, 5) is 0. The van der Waals surface area contributed by atoms with Gasteiger partial charge in [0.2, 0.25) is 0 Å². The van der Waals surface area contributed by atoms with E-state index in [9.17, 15) is 0 Å². The SMILES string of the molecule is CCCO.CCCO.[Nb]. The molecule has 0 unspecified atom stereocenters. The summed E-state index contributed by atoms with van der Waals surface area (Å²) >= 11 is 0. The van der Waals surface area contributed by atoms with Crippen molar-refractivity contribution < 1.29 is 32.6 Å². The normalized spacial score (nSPS) is 6.67. The van der Waals surface area contributed by atoms with Gasteiger partial charge in [-0.25, -0.2) is 0 Å². The molecule has 0 aliphatic carbocycles. The van der Waals surface area contributed by atoms with Gasteiger partial charge in [0, 0.05) is 35.6 Å². The molecular formula is C6H16NbO2. The van der Waals surface area contributed by atoms with Gasteiger partial charge < -0.3 is 10.2 Å². The van der Waals surface area contributed by atoms with Crippen molar-refractivity contribution in [2.45, 2.75) is 26.7 Å². The summed E-state index contributed by atoms with van der Waals surface area (Å²) in [6, 6.07) is 0. The van der Waals surface area contributed by atoms with E-state index in [-0.39, 0.29) is 22.4 Å². The molecule has 0 aromatic heterocycles. The summed E-state index contributed by atoms with van der Waals surface area (Å²) in [6.07, 6.45) is 1.75. The maximum absolute atomic E-state index is 7.88. The van der Waals surface area contributed by atoms with Gasteiger partial charge in [-0.1, -0.05) is 13.8 Å². The quantitative estimate of drug-likeness (QED) is 0.665. The summed E-state index contributed by atoms with van der Waals surface area (Å²) in [5.74, 6) is 0. The number of hydrogen-bond donors (Lipinski definition) is 2. The molecule has 0 aromatic rings.